The number of hydrogen-bond acceptors (Lipinski definition) is 4. The molecule has 0 radical (unpaired) electrons. The number of halogens is 1. The topological polar surface area (TPSA) is 84.5 Å². The minimum absolute atomic E-state index is 0.0535. The quantitative estimate of drug-likeness (QED) is 0.771. The second kappa shape index (κ2) is 8.33. The van der Waals surface area contributed by atoms with E-state index in [-0.39, 0.29) is 12.3 Å². The van der Waals surface area contributed by atoms with Crippen LogP contribution >= 0.6 is 11.6 Å². The molecule has 0 aliphatic carbocycles. The van der Waals surface area contributed by atoms with Gasteiger partial charge in [0, 0.05) is 17.1 Å². The molecule has 0 aliphatic heterocycles. The SMILES string of the molecule is COc1ccc([C@@H](CC(=O)Nc2ccc(Cl)cc2)NS(C)(=O)=O)cc1. The largest absolute Gasteiger partial charge is 0.497 e. The molecule has 0 unspecified atom stereocenters. The smallest absolute Gasteiger partial charge is 0.226 e. The second-order valence-electron chi connectivity index (χ2n) is 5.47. The van der Waals surface area contributed by atoms with E-state index in [2.05, 4.69) is 10.0 Å². The lowest BCUT2D eigenvalue weighted by atomic mass is 10.0. The minimum atomic E-state index is -3.49. The van der Waals surface area contributed by atoms with Crippen LogP contribution in [0.4, 0.5) is 5.69 Å². The summed E-state index contributed by atoms with van der Waals surface area (Å²) in [4.78, 5) is 12.3. The Morgan fingerprint density at radius 2 is 1.72 bits per heavy atom. The Bertz CT molecular complexity index is 821. The van der Waals surface area contributed by atoms with Crippen LogP contribution in [0.1, 0.15) is 18.0 Å². The van der Waals surface area contributed by atoms with Crippen LogP contribution in [0, 0.1) is 0 Å². The van der Waals surface area contributed by atoms with Gasteiger partial charge in [-0.1, -0.05) is 23.7 Å². The van der Waals surface area contributed by atoms with Crippen LogP contribution in [0.25, 0.3) is 0 Å². The van der Waals surface area contributed by atoms with Crippen molar-refractivity contribution >= 4 is 33.2 Å². The van der Waals surface area contributed by atoms with E-state index in [9.17, 15) is 13.2 Å². The number of sulfonamides is 1. The Balaban J connectivity index is 2.14. The van der Waals surface area contributed by atoms with Gasteiger partial charge in [-0.2, -0.15) is 0 Å². The molecule has 134 valence electrons. The van der Waals surface area contributed by atoms with E-state index in [4.69, 9.17) is 16.3 Å². The number of methoxy groups -OCH3 is 1. The van der Waals surface area contributed by atoms with Gasteiger partial charge in [-0.15, -0.1) is 0 Å². The monoisotopic (exact) mass is 382 g/mol. The van der Waals surface area contributed by atoms with Gasteiger partial charge in [-0.25, -0.2) is 13.1 Å². The van der Waals surface area contributed by atoms with Gasteiger partial charge >= 0.3 is 0 Å². The molecule has 0 saturated heterocycles. The summed E-state index contributed by atoms with van der Waals surface area (Å²) >= 11 is 5.81. The zero-order chi connectivity index (χ0) is 18.4. The minimum Gasteiger partial charge on any atom is -0.497 e. The summed E-state index contributed by atoms with van der Waals surface area (Å²) in [7, 11) is -1.95. The standard InChI is InChI=1S/C17H19ClN2O4S/c1-24-15-9-3-12(4-10-15)16(20-25(2,22)23)11-17(21)19-14-7-5-13(18)6-8-14/h3-10,16,20H,11H2,1-2H3,(H,19,21)/t16-/m1/s1. The third kappa shape index (κ3) is 6.38. The third-order valence-corrected chi connectivity index (χ3v) is 4.36. The Morgan fingerprint density at radius 3 is 2.24 bits per heavy atom. The molecule has 2 aromatic rings. The molecule has 0 fully saturated rings. The predicted octanol–water partition coefficient (Wildman–Crippen LogP) is 2.97. The van der Waals surface area contributed by atoms with Crippen molar-refractivity contribution in [3.63, 3.8) is 0 Å². The molecule has 0 heterocycles. The average Bonchev–Trinajstić information content (AvgIpc) is 2.55. The molecule has 2 aromatic carbocycles. The molecule has 1 atom stereocenters. The average molecular weight is 383 g/mol. The van der Waals surface area contributed by atoms with E-state index in [0.29, 0.717) is 22.0 Å². The summed E-state index contributed by atoms with van der Waals surface area (Å²) in [6.07, 6.45) is 1.00. The summed E-state index contributed by atoms with van der Waals surface area (Å²) < 4.78 is 30.8. The molecule has 2 rings (SSSR count). The lowest BCUT2D eigenvalue weighted by Gasteiger charge is -2.18. The molecule has 2 N–H and O–H groups in total. The molecule has 1 amide bonds. The van der Waals surface area contributed by atoms with Crippen molar-refractivity contribution in [3.8, 4) is 5.75 Å². The third-order valence-electron chi connectivity index (χ3n) is 3.39. The first-order chi connectivity index (χ1) is 11.8. The van der Waals surface area contributed by atoms with Crippen molar-refractivity contribution in [2.24, 2.45) is 0 Å². The number of benzene rings is 2. The van der Waals surface area contributed by atoms with Gasteiger partial charge in [-0.05, 0) is 42.0 Å². The van der Waals surface area contributed by atoms with Crippen LogP contribution in [0.15, 0.2) is 48.5 Å². The number of amides is 1. The van der Waals surface area contributed by atoms with Crippen molar-refractivity contribution in [1.29, 1.82) is 0 Å². The zero-order valence-electron chi connectivity index (χ0n) is 13.8. The Labute approximate surface area is 152 Å². The van der Waals surface area contributed by atoms with Gasteiger partial charge in [0.15, 0.2) is 0 Å². The zero-order valence-corrected chi connectivity index (χ0v) is 15.4. The molecule has 8 heteroatoms. The fourth-order valence-electron chi connectivity index (χ4n) is 2.25. The molecule has 0 aromatic heterocycles. The Hall–Kier alpha value is -2.09. The van der Waals surface area contributed by atoms with Crippen LogP contribution in [-0.2, 0) is 14.8 Å². The summed E-state index contributed by atoms with van der Waals surface area (Å²) in [6, 6.07) is 12.8. The number of anilines is 1. The maximum Gasteiger partial charge on any atom is 0.226 e. The van der Waals surface area contributed by atoms with Crippen molar-refractivity contribution in [3.05, 3.63) is 59.1 Å². The van der Waals surface area contributed by atoms with Crippen molar-refractivity contribution in [2.75, 3.05) is 18.7 Å². The van der Waals surface area contributed by atoms with E-state index in [1.807, 2.05) is 0 Å². The van der Waals surface area contributed by atoms with Crippen LogP contribution in [0.3, 0.4) is 0 Å². The second-order valence-corrected chi connectivity index (χ2v) is 7.69. The highest BCUT2D eigenvalue weighted by atomic mass is 35.5. The first-order valence-electron chi connectivity index (χ1n) is 7.43. The first-order valence-corrected chi connectivity index (χ1v) is 9.70. The number of hydrogen-bond donors (Lipinski definition) is 2. The molecular weight excluding hydrogens is 364 g/mol. The number of nitrogens with one attached hydrogen (secondary N) is 2. The first kappa shape index (κ1) is 19.2. The van der Waals surface area contributed by atoms with Crippen molar-refractivity contribution < 1.29 is 17.9 Å². The van der Waals surface area contributed by atoms with Gasteiger partial charge in [0.05, 0.1) is 19.4 Å². The van der Waals surface area contributed by atoms with Crippen molar-refractivity contribution in [2.45, 2.75) is 12.5 Å². The van der Waals surface area contributed by atoms with Gasteiger partial charge in [0.25, 0.3) is 0 Å². The Morgan fingerprint density at radius 1 is 1.12 bits per heavy atom. The Kier molecular flexibility index (Phi) is 6.41. The number of ether oxygens (including phenoxy) is 1. The lowest BCUT2D eigenvalue weighted by molar-refractivity contribution is -0.116. The van der Waals surface area contributed by atoms with Crippen LogP contribution in [-0.4, -0.2) is 27.7 Å². The lowest BCUT2D eigenvalue weighted by Crippen LogP contribution is -2.30. The van der Waals surface area contributed by atoms with E-state index in [1.54, 1.807) is 55.6 Å². The maximum atomic E-state index is 12.3. The van der Waals surface area contributed by atoms with Gasteiger partial charge in [0.2, 0.25) is 15.9 Å². The van der Waals surface area contributed by atoms with Crippen LogP contribution in [0.2, 0.25) is 5.02 Å². The molecule has 25 heavy (non-hydrogen) atoms. The van der Waals surface area contributed by atoms with E-state index in [0.717, 1.165) is 6.26 Å². The summed E-state index contributed by atoms with van der Waals surface area (Å²) in [5.41, 5.74) is 1.25. The molecule has 6 nitrogen and oxygen atoms in total. The highest BCUT2D eigenvalue weighted by molar-refractivity contribution is 7.88. The van der Waals surface area contributed by atoms with Gasteiger partial charge < -0.3 is 10.1 Å². The number of rotatable bonds is 7. The van der Waals surface area contributed by atoms with E-state index < -0.39 is 16.1 Å². The van der Waals surface area contributed by atoms with Gasteiger partial charge in [0.1, 0.15) is 5.75 Å². The normalized spacial score (nSPS) is 12.4. The van der Waals surface area contributed by atoms with E-state index in [1.165, 1.54) is 0 Å². The molecule has 0 saturated carbocycles. The highest BCUT2D eigenvalue weighted by Crippen LogP contribution is 2.22. The summed E-state index contributed by atoms with van der Waals surface area (Å²) in [5.74, 6) is 0.326. The highest BCUT2D eigenvalue weighted by Gasteiger charge is 2.20. The van der Waals surface area contributed by atoms with Gasteiger partial charge in [-0.3, -0.25) is 4.79 Å². The maximum absolute atomic E-state index is 12.3. The molecule has 0 aliphatic rings. The molecule has 0 bridgehead atoms. The summed E-state index contributed by atoms with van der Waals surface area (Å²) in [5, 5.41) is 3.28. The van der Waals surface area contributed by atoms with Crippen molar-refractivity contribution in [1.82, 2.24) is 4.72 Å². The van der Waals surface area contributed by atoms with E-state index >= 15 is 0 Å². The molecular formula is C17H19ClN2O4S. The predicted molar refractivity (Wildman–Crippen MR) is 98.4 cm³/mol. The molecule has 0 spiro atoms. The number of carbonyl (C=O) groups excluding carboxylic acids is 1. The number of carbonyl (C=O) groups is 1. The fourth-order valence-corrected chi connectivity index (χ4v) is 3.12. The van der Waals surface area contributed by atoms with Crippen LogP contribution in [0.5, 0.6) is 5.75 Å². The summed E-state index contributed by atoms with van der Waals surface area (Å²) in [6.45, 7) is 0. The fraction of sp³-hybridized carbons (Fsp3) is 0.235. The van der Waals surface area contributed by atoms with Crippen LogP contribution < -0.4 is 14.8 Å².